The first-order valence-electron chi connectivity index (χ1n) is 8.99. The number of carboxylic acids is 2. The van der Waals surface area contributed by atoms with Crippen LogP contribution in [-0.2, 0) is 4.79 Å². The smallest absolute Gasteiger partial charge is 0.335 e. The Morgan fingerprint density at radius 1 is 0.792 bits per heavy atom. The first-order chi connectivity index (χ1) is 11.5. The van der Waals surface area contributed by atoms with E-state index in [9.17, 15) is 9.59 Å². The molecule has 0 aromatic heterocycles. The highest BCUT2D eigenvalue weighted by Gasteiger charge is 1.98. The highest BCUT2D eigenvalue weighted by molar-refractivity contribution is 5.87. The molecule has 0 radical (unpaired) electrons. The van der Waals surface area contributed by atoms with Crippen LogP contribution >= 0.6 is 0 Å². The Bertz CT molecular complexity index is 451. The minimum Gasteiger partial charge on any atom is -0.481 e. The molecule has 0 aliphatic rings. The van der Waals surface area contributed by atoms with Crippen LogP contribution in [0.3, 0.4) is 0 Å². The maximum atomic E-state index is 10.3. The van der Waals surface area contributed by atoms with E-state index in [1.807, 2.05) is 6.92 Å². The monoisotopic (exact) mass is 336 g/mol. The van der Waals surface area contributed by atoms with E-state index in [-0.39, 0.29) is 0 Å². The number of carbonyl (C=O) groups is 2. The topological polar surface area (TPSA) is 74.6 Å². The zero-order chi connectivity index (χ0) is 18.2. The van der Waals surface area contributed by atoms with Crippen LogP contribution in [0.1, 0.15) is 87.1 Å². The average molecular weight is 336 g/mol. The zero-order valence-corrected chi connectivity index (χ0v) is 15.1. The number of aromatic carboxylic acids is 1. The number of carboxylic acid groups (broad SMARTS) is 2. The summed E-state index contributed by atoms with van der Waals surface area (Å²) in [5.41, 5.74) is 1.41. The Hall–Kier alpha value is -1.84. The zero-order valence-electron chi connectivity index (χ0n) is 15.1. The number of hydrogen-bond acceptors (Lipinski definition) is 2. The van der Waals surface area contributed by atoms with E-state index in [4.69, 9.17) is 10.2 Å². The number of aryl methyl sites for hydroxylation is 1. The first kappa shape index (κ1) is 22.2. The molecule has 136 valence electrons. The third kappa shape index (κ3) is 13.8. The molecule has 0 heterocycles. The van der Waals surface area contributed by atoms with E-state index in [0.29, 0.717) is 12.0 Å². The van der Waals surface area contributed by atoms with Crippen LogP contribution in [0.25, 0.3) is 0 Å². The van der Waals surface area contributed by atoms with Gasteiger partial charge in [0.05, 0.1) is 5.56 Å². The lowest BCUT2D eigenvalue weighted by Crippen LogP contribution is -1.94. The summed E-state index contributed by atoms with van der Waals surface area (Å²) >= 11 is 0. The largest absolute Gasteiger partial charge is 0.481 e. The molecule has 0 saturated carbocycles. The van der Waals surface area contributed by atoms with Crippen molar-refractivity contribution in [1.82, 2.24) is 0 Å². The molecule has 0 aliphatic heterocycles. The molecule has 4 nitrogen and oxygen atoms in total. The molecule has 0 fully saturated rings. The molecule has 0 amide bonds. The summed E-state index contributed by atoms with van der Waals surface area (Å²) in [5, 5.41) is 16.9. The minimum atomic E-state index is -0.875. The normalized spacial score (nSPS) is 9.92. The maximum absolute atomic E-state index is 10.3. The van der Waals surface area contributed by atoms with Crippen LogP contribution in [0.5, 0.6) is 0 Å². The van der Waals surface area contributed by atoms with Crippen LogP contribution in [0.4, 0.5) is 0 Å². The van der Waals surface area contributed by atoms with Crippen molar-refractivity contribution in [2.75, 3.05) is 0 Å². The van der Waals surface area contributed by atoms with Crippen molar-refractivity contribution in [3.05, 3.63) is 35.4 Å². The summed E-state index contributed by atoms with van der Waals surface area (Å²) in [7, 11) is 0. The van der Waals surface area contributed by atoms with E-state index in [1.54, 1.807) is 24.3 Å². The summed E-state index contributed by atoms with van der Waals surface area (Å²) in [5.74, 6) is -1.53. The number of benzene rings is 1. The summed E-state index contributed by atoms with van der Waals surface area (Å²) in [4.78, 5) is 20.5. The van der Waals surface area contributed by atoms with Crippen molar-refractivity contribution in [2.45, 2.75) is 78.1 Å². The van der Waals surface area contributed by atoms with E-state index in [0.717, 1.165) is 18.4 Å². The van der Waals surface area contributed by atoms with Gasteiger partial charge in [-0.2, -0.15) is 0 Å². The maximum Gasteiger partial charge on any atom is 0.335 e. The lowest BCUT2D eigenvalue weighted by atomic mass is 10.1. The van der Waals surface area contributed by atoms with Gasteiger partial charge in [0.15, 0.2) is 0 Å². The quantitative estimate of drug-likeness (QED) is 0.509. The third-order valence-electron chi connectivity index (χ3n) is 3.79. The lowest BCUT2D eigenvalue weighted by Gasteiger charge is -2.00. The highest BCUT2D eigenvalue weighted by atomic mass is 16.4. The molecule has 0 aliphatic carbocycles. The van der Waals surface area contributed by atoms with Crippen molar-refractivity contribution >= 4 is 11.9 Å². The van der Waals surface area contributed by atoms with Gasteiger partial charge in [0.25, 0.3) is 0 Å². The van der Waals surface area contributed by atoms with Gasteiger partial charge in [0.1, 0.15) is 0 Å². The molecule has 24 heavy (non-hydrogen) atoms. The van der Waals surface area contributed by atoms with Crippen LogP contribution in [0.15, 0.2) is 24.3 Å². The van der Waals surface area contributed by atoms with E-state index in [2.05, 4.69) is 6.92 Å². The third-order valence-corrected chi connectivity index (χ3v) is 3.79. The molecule has 1 aromatic carbocycles. The fraction of sp³-hybridized carbons (Fsp3) is 0.600. The Labute approximate surface area is 145 Å². The van der Waals surface area contributed by atoms with Crippen LogP contribution in [0, 0.1) is 6.92 Å². The number of aliphatic carboxylic acids is 1. The summed E-state index contributed by atoms with van der Waals surface area (Å²) in [6.07, 6.45) is 11.5. The van der Waals surface area contributed by atoms with E-state index >= 15 is 0 Å². The number of unbranched alkanes of at least 4 members (excludes halogenated alkanes) is 8. The standard InChI is InChI=1S/C12H24O2.C8H8O2/c1-2-3-4-5-6-7-8-9-10-11-12(13)14;1-6-2-4-7(5-3-6)8(9)10/h2-11H2,1H3,(H,13,14);2-5H,1H3,(H,9,10). The van der Waals surface area contributed by atoms with E-state index < -0.39 is 11.9 Å². The van der Waals surface area contributed by atoms with Gasteiger partial charge in [0.2, 0.25) is 0 Å². The summed E-state index contributed by atoms with van der Waals surface area (Å²) in [6.45, 7) is 4.15. The van der Waals surface area contributed by atoms with Gasteiger partial charge in [0, 0.05) is 6.42 Å². The summed E-state index contributed by atoms with van der Waals surface area (Å²) < 4.78 is 0. The van der Waals surface area contributed by atoms with Crippen molar-refractivity contribution < 1.29 is 19.8 Å². The molecule has 0 atom stereocenters. The Morgan fingerprint density at radius 3 is 1.67 bits per heavy atom. The molecular weight excluding hydrogens is 304 g/mol. The van der Waals surface area contributed by atoms with Gasteiger partial charge in [-0.15, -0.1) is 0 Å². The molecule has 0 bridgehead atoms. The molecule has 0 spiro atoms. The molecular formula is C20H32O4. The SMILES string of the molecule is CCCCCCCCCCCC(=O)O.Cc1ccc(C(=O)O)cc1. The fourth-order valence-corrected chi connectivity index (χ4v) is 2.28. The molecule has 0 saturated heterocycles. The molecule has 1 aromatic rings. The highest BCUT2D eigenvalue weighted by Crippen LogP contribution is 2.10. The number of hydrogen-bond donors (Lipinski definition) is 2. The van der Waals surface area contributed by atoms with E-state index in [1.165, 1.54) is 44.9 Å². The van der Waals surface area contributed by atoms with Gasteiger partial charge < -0.3 is 10.2 Å². The predicted molar refractivity (Wildman–Crippen MR) is 97.6 cm³/mol. The van der Waals surface area contributed by atoms with Crippen molar-refractivity contribution in [3.8, 4) is 0 Å². The van der Waals surface area contributed by atoms with Crippen LogP contribution < -0.4 is 0 Å². The summed E-state index contributed by atoms with van der Waals surface area (Å²) in [6, 6.07) is 6.75. The van der Waals surface area contributed by atoms with Gasteiger partial charge in [-0.05, 0) is 25.5 Å². The molecule has 4 heteroatoms. The predicted octanol–water partition coefficient (Wildman–Crippen LogP) is 5.69. The lowest BCUT2D eigenvalue weighted by molar-refractivity contribution is -0.137. The first-order valence-corrected chi connectivity index (χ1v) is 8.99. The molecule has 0 unspecified atom stereocenters. The second-order valence-corrected chi connectivity index (χ2v) is 6.14. The second kappa shape index (κ2) is 14.7. The molecule has 2 N–H and O–H groups in total. The van der Waals surface area contributed by atoms with Crippen molar-refractivity contribution in [3.63, 3.8) is 0 Å². The van der Waals surface area contributed by atoms with Crippen LogP contribution in [0.2, 0.25) is 0 Å². The van der Waals surface area contributed by atoms with Crippen LogP contribution in [-0.4, -0.2) is 22.2 Å². The Morgan fingerprint density at radius 2 is 1.25 bits per heavy atom. The fourth-order valence-electron chi connectivity index (χ4n) is 2.28. The van der Waals surface area contributed by atoms with Gasteiger partial charge in [-0.3, -0.25) is 4.79 Å². The number of rotatable bonds is 11. The second-order valence-electron chi connectivity index (χ2n) is 6.14. The van der Waals surface area contributed by atoms with Gasteiger partial charge in [-0.25, -0.2) is 4.79 Å². The average Bonchev–Trinajstić information content (AvgIpc) is 2.54. The van der Waals surface area contributed by atoms with Crippen molar-refractivity contribution in [1.29, 1.82) is 0 Å². The van der Waals surface area contributed by atoms with Gasteiger partial charge >= 0.3 is 11.9 Å². The molecule has 1 rings (SSSR count). The van der Waals surface area contributed by atoms with Gasteiger partial charge in [-0.1, -0.05) is 76.0 Å². The van der Waals surface area contributed by atoms with Crippen molar-refractivity contribution in [2.24, 2.45) is 0 Å². The Balaban J connectivity index is 0.000000463. The Kier molecular flexibility index (Phi) is 13.6. The minimum absolute atomic E-state index is 0.339.